The minimum atomic E-state index is -0.0962. The Morgan fingerprint density at radius 1 is 1.20 bits per heavy atom. The molecule has 2 fully saturated rings. The average molecular weight is 281 g/mol. The maximum absolute atomic E-state index is 12.0. The van der Waals surface area contributed by atoms with Crippen LogP contribution in [0, 0.1) is 17.8 Å². The molecule has 0 aromatic carbocycles. The zero-order valence-corrected chi connectivity index (χ0v) is 11.9. The van der Waals surface area contributed by atoms with Gasteiger partial charge in [0.15, 0.2) is 0 Å². The smallest absolute Gasteiger partial charge is 0.232 e. The van der Waals surface area contributed by atoms with Gasteiger partial charge in [-0.1, -0.05) is 14.4 Å². The van der Waals surface area contributed by atoms with E-state index in [0.717, 1.165) is 32.1 Å². The van der Waals surface area contributed by atoms with Crippen LogP contribution in [-0.2, 0) is 14.4 Å². The molecule has 114 valence electrons. The third-order valence-corrected chi connectivity index (χ3v) is 4.69. The van der Waals surface area contributed by atoms with Crippen LogP contribution in [-0.4, -0.2) is 29.0 Å². The lowest BCUT2D eigenvalue weighted by molar-refractivity contribution is -0.140. The number of hydrogen-bond donors (Lipinski definition) is 0. The predicted octanol–water partition coefficient (Wildman–Crippen LogP) is 2.80. The third-order valence-electron chi connectivity index (χ3n) is 4.69. The molecule has 1 unspecified atom stereocenters. The number of carbonyl (C=O) groups is 3. The lowest BCUT2D eigenvalue weighted by Crippen LogP contribution is -2.36. The Hall–Kier alpha value is -1.19. The monoisotopic (exact) mass is 281 g/mol. The van der Waals surface area contributed by atoms with Gasteiger partial charge in [0.1, 0.15) is 5.78 Å². The highest BCUT2D eigenvalue weighted by Crippen LogP contribution is 2.32. The Morgan fingerprint density at radius 2 is 1.80 bits per heavy atom. The number of imide groups is 1. The lowest BCUT2D eigenvalue weighted by atomic mass is 9.80. The fourth-order valence-corrected chi connectivity index (χ4v) is 3.27. The molecular weight excluding hydrogens is 254 g/mol. The van der Waals surface area contributed by atoms with Crippen molar-refractivity contribution in [2.75, 3.05) is 6.54 Å². The maximum Gasteiger partial charge on any atom is 0.232 e. The second kappa shape index (κ2) is 7.00. The molecule has 0 aromatic heterocycles. The molecule has 4 nitrogen and oxygen atoms in total. The van der Waals surface area contributed by atoms with E-state index in [1.54, 1.807) is 6.92 Å². The summed E-state index contributed by atoms with van der Waals surface area (Å²) >= 11 is 0. The number of amides is 2. The van der Waals surface area contributed by atoms with Gasteiger partial charge in [-0.2, -0.15) is 0 Å². The normalized spacial score (nSPS) is 30.3. The molecule has 2 rings (SSSR count). The highest BCUT2D eigenvalue weighted by molar-refractivity contribution is 6.03. The van der Waals surface area contributed by atoms with Crippen molar-refractivity contribution in [2.24, 2.45) is 17.8 Å². The van der Waals surface area contributed by atoms with E-state index < -0.39 is 0 Å². The number of nitrogens with zero attached hydrogens (tertiary/aromatic N) is 1. The molecule has 2 aliphatic rings. The summed E-state index contributed by atoms with van der Waals surface area (Å²) in [7, 11) is 0. The number of carbonyl (C=O) groups excluding carboxylic acids is 3. The first-order chi connectivity index (χ1) is 9.02. The molecule has 0 aromatic rings. The molecule has 2 amide bonds. The van der Waals surface area contributed by atoms with Crippen molar-refractivity contribution in [2.45, 2.75) is 59.8 Å². The summed E-state index contributed by atoms with van der Waals surface area (Å²) in [6.07, 6.45) is 4.87. The van der Waals surface area contributed by atoms with Gasteiger partial charge in [-0.3, -0.25) is 19.3 Å². The van der Waals surface area contributed by atoms with Gasteiger partial charge >= 0.3 is 0 Å². The van der Waals surface area contributed by atoms with Crippen LogP contribution >= 0.6 is 0 Å². The summed E-state index contributed by atoms with van der Waals surface area (Å²) in [6, 6.07) is 0. The molecule has 20 heavy (non-hydrogen) atoms. The van der Waals surface area contributed by atoms with E-state index >= 15 is 0 Å². The summed E-state index contributed by atoms with van der Waals surface area (Å²) in [5.74, 6) is 0.773. The molecule has 1 atom stereocenters. The van der Waals surface area contributed by atoms with Gasteiger partial charge in [0.05, 0.1) is 0 Å². The van der Waals surface area contributed by atoms with E-state index in [1.165, 1.54) is 4.90 Å². The Balaban J connectivity index is 0.00000200. The number of ketones is 1. The van der Waals surface area contributed by atoms with Crippen LogP contribution in [0.2, 0.25) is 0 Å². The molecule has 1 aliphatic heterocycles. The largest absolute Gasteiger partial charge is 0.300 e. The van der Waals surface area contributed by atoms with E-state index in [1.807, 2.05) is 6.92 Å². The van der Waals surface area contributed by atoms with Crippen molar-refractivity contribution in [3.8, 4) is 0 Å². The van der Waals surface area contributed by atoms with Crippen LogP contribution in [0.1, 0.15) is 59.8 Å². The van der Waals surface area contributed by atoms with Gasteiger partial charge in [-0.05, 0) is 44.9 Å². The summed E-state index contributed by atoms with van der Waals surface area (Å²) in [5, 5.41) is 0. The second-order valence-electron chi connectivity index (χ2n) is 5.98. The summed E-state index contributed by atoms with van der Waals surface area (Å²) in [5.41, 5.74) is 0. The molecule has 0 radical (unpaired) electrons. The van der Waals surface area contributed by atoms with Crippen LogP contribution in [0.15, 0.2) is 0 Å². The molecule has 1 heterocycles. The van der Waals surface area contributed by atoms with Crippen molar-refractivity contribution in [3.05, 3.63) is 0 Å². The van der Waals surface area contributed by atoms with Gasteiger partial charge in [-0.15, -0.1) is 0 Å². The quantitative estimate of drug-likeness (QED) is 0.745. The first-order valence-electron chi connectivity index (χ1n) is 7.37. The van der Waals surface area contributed by atoms with E-state index in [-0.39, 0.29) is 36.9 Å². The predicted molar refractivity (Wildman–Crippen MR) is 78.0 cm³/mol. The Bertz CT molecular complexity index is 383. The average Bonchev–Trinajstić information content (AvgIpc) is 2.67. The Labute approximate surface area is 121 Å². The van der Waals surface area contributed by atoms with Gasteiger partial charge in [0, 0.05) is 24.8 Å². The molecule has 1 saturated heterocycles. The van der Waals surface area contributed by atoms with E-state index in [2.05, 4.69) is 0 Å². The van der Waals surface area contributed by atoms with Crippen molar-refractivity contribution >= 4 is 17.6 Å². The fraction of sp³-hybridized carbons (Fsp3) is 0.812. The lowest BCUT2D eigenvalue weighted by Gasteiger charge is -2.29. The topological polar surface area (TPSA) is 54.5 Å². The molecule has 1 aliphatic carbocycles. The summed E-state index contributed by atoms with van der Waals surface area (Å²) < 4.78 is 0. The van der Waals surface area contributed by atoms with Crippen molar-refractivity contribution in [3.63, 3.8) is 0 Å². The van der Waals surface area contributed by atoms with Crippen molar-refractivity contribution in [1.82, 2.24) is 4.90 Å². The molecule has 0 N–H and O–H groups in total. The van der Waals surface area contributed by atoms with Crippen molar-refractivity contribution in [1.29, 1.82) is 0 Å². The van der Waals surface area contributed by atoms with Gasteiger partial charge < -0.3 is 0 Å². The van der Waals surface area contributed by atoms with Crippen LogP contribution in [0.3, 0.4) is 0 Å². The van der Waals surface area contributed by atoms with E-state index in [9.17, 15) is 14.4 Å². The van der Waals surface area contributed by atoms with Crippen LogP contribution in [0.5, 0.6) is 0 Å². The van der Waals surface area contributed by atoms with Crippen molar-refractivity contribution < 1.29 is 14.4 Å². The zero-order valence-electron chi connectivity index (χ0n) is 11.9. The molecule has 0 spiro atoms. The van der Waals surface area contributed by atoms with Crippen LogP contribution in [0.4, 0.5) is 0 Å². The highest BCUT2D eigenvalue weighted by Gasteiger charge is 2.38. The molecule has 0 bridgehead atoms. The number of likely N-dealkylation sites (tertiary alicyclic amines) is 1. The molecular formula is C16H27NO3. The third kappa shape index (κ3) is 3.47. The summed E-state index contributed by atoms with van der Waals surface area (Å²) in [6.45, 7) is 4.18. The fourth-order valence-electron chi connectivity index (χ4n) is 3.27. The summed E-state index contributed by atoms with van der Waals surface area (Å²) in [4.78, 5) is 36.7. The highest BCUT2D eigenvalue weighted by atomic mass is 16.2. The van der Waals surface area contributed by atoms with Crippen LogP contribution < -0.4 is 0 Å². The van der Waals surface area contributed by atoms with Gasteiger partial charge in [0.2, 0.25) is 11.8 Å². The molecule has 1 saturated carbocycles. The Morgan fingerprint density at radius 3 is 2.25 bits per heavy atom. The number of rotatable bonds is 4. The second-order valence-corrected chi connectivity index (χ2v) is 5.98. The van der Waals surface area contributed by atoms with Crippen LogP contribution in [0.25, 0.3) is 0 Å². The van der Waals surface area contributed by atoms with E-state index in [4.69, 9.17) is 0 Å². The first-order valence-corrected chi connectivity index (χ1v) is 7.37. The minimum absolute atomic E-state index is 0. The number of hydrogen-bond acceptors (Lipinski definition) is 3. The van der Waals surface area contributed by atoms with Gasteiger partial charge in [0.25, 0.3) is 0 Å². The van der Waals surface area contributed by atoms with Gasteiger partial charge in [-0.25, -0.2) is 0 Å². The zero-order chi connectivity index (χ0) is 14.0. The number of Topliss-reactive ketones (excluding diaryl/α,β-unsaturated/α-hetero) is 1. The van der Waals surface area contributed by atoms with E-state index in [0.29, 0.717) is 18.9 Å². The SMILES string of the molecule is C.CCC1CC(=O)N(CC2CCC(C(C)=O)CC2)C1=O. The molecule has 4 heteroatoms. The minimum Gasteiger partial charge on any atom is -0.300 e. The maximum atomic E-state index is 12.0. The first kappa shape index (κ1) is 16.9. The Kier molecular flexibility index (Phi) is 5.90. The standard InChI is InChI=1S/C15H23NO3.CH4/c1-3-12-8-14(18)16(15(12)19)9-11-4-6-13(7-5-11)10(2)17;/h11-13H,3-9H2,1-2H3;1H4.